The molecular formula is C11H17NO7. The third-order valence-electron chi connectivity index (χ3n) is 2.44. The fourth-order valence-electron chi connectivity index (χ4n) is 1.83. The Bertz CT molecular complexity index is 370. The van der Waals surface area contributed by atoms with Crippen LogP contribution in [-0.2, 0) is 28.6 Å². The van der Waals surface area contributed by atoms with E-state index in [9.17, 15) is 19.5 Å². The first-order valence-corrected chi connectivity index (χ1v) is 5.72. The number of hydrogen-bond acceptors (Lipinski definition) is 7. The highest BCUT2D eigenvalue weighted by Crippen LogP contribution is 2.20. The summed E-state index contributed by atoms with van der Waals surface area (Å²) in [4.78, 5) is 33.2. The Morgan fingerprint density at radius 1 is 1.11 bits per heavy atom. The van der Waals surface area contributed by atoms with Gasteiger partial charge in [-0.25, -0.2) is 0 Å². The third-order valence-corrected chi connectivity index (χ3v) is 2.44. The zero-order chi connectivity index (χ0) is 14.6. The number of carbonyl (C=O) groups excluding carboxylic acids is 3. The summed E-state index contributed by atoms with van der Waals surface area (Å²) in [5.74, 6) is -1.64. The van der Waals surface area contributed by atoms with Crippen LogP contribution >= 0.6 is 0 Å². The summed E-state index contributed by atoms with van der Waals surface area (Å²) in [6.45, 7) is 3.56. The molecule has 1 aliphatic rings. The molecule has 0 radical (unpaired) electrons. The molecule has 108 valence electrons. The summed E-state index contributed by atoms with van der Waals surface area (Å²) in [5, 5.41) is 12.2. The molecule has 0 aromatic heterocycles. The molecule has 8 nitrogen and oxygen atoms in total. The fraction of sp³-hybridized carbons (Fsp3) is 0.727. The molecule has 19 heavy (non-hydrogen) atoms. The van der Waals surface area contributed by atoms with Gasteiger partial charge in [0.1, 0.15) is 0 Å². The Kier molecular flexibility index (Phi) is 5.25. The van der Waals surface area contributed by atoms with Crippen LogP contribution in [0, 0.1) is 0 Å². The molecule has 4 atom stereocenters. The van der Waals surface area contributed by atoms with Crippen molar-refractivity contribution in [3.8, 4) is 0 Å². The molecule has 8 heteroatoms. The van der Waals surface area contributed by atoms with E-state index in [4.69, 9.17) is 14.2 Å². The molecule has 1 aliphatic heterocycles. The molecule has 1 fully saturated rings. The lowest BCUT2D eigenvalue weighted by atomic mass is 10.0. The maximum absolute atomic E-state index is 11.1. The van der Waals surface area contributed by atoms with Crippen molar-refractivity contribution in [1.29, 1.82) is 0 Å². The second-order valence-electron chi connectivity index (χ2n) is 4.18. The Labute approximate surface area is 110 Å². The first-order chi connectivity index (χ1) is 8.81. The average Bonchev–Trinajstić information content (AvgIpc) is 2.25. The lowest BCUT2D eigenvalue weighted by Gasteiger charge is -2.39. The standard InChI is InChI=1S/C11H17NO7/c1-5(13)12-8-4-17-11(16)10(19-7(3)15)9(8)18-6(2)14/h8-11,16H,4H2,1-3H3,(H,12,13). The van der Waals surface area contributed by atoms with Crippen molar-refractivity contribution in [3.63, 3.8) is 0 Å². The summed E-state index contributed by atoms with van der Waals surface area (Å²) >= 11 is 0. The number of nitrogens with one attached hydrogen (secondary N) is 1. The molecule has 2 N–H and O–H groups in total. The Morgan fingerprint density at radius 3 is 2.11 bits per heavy atom. The maximum Gasteiger partial charge on any atom is 0.303 e. The summed E-state index contributed by atoms with van der Waals surface area (Å²) in [6.07, 6.45) is -3.61. The van der Waals surface area contributed by atoms with Crippen LogP contribution in [-0.4, -0.2) is 54.1 Å². The van der Waals surface area contributed by atoms with Gasteiger partial charge in [-0.1, -0.05) is 0 Å². The number of amides is 1. The van der Waals surface area contributed by atoms with E-state index in [0.717, 1.165) is 6.92 Å². The molecule has 1 amide bonds. The zero-order valence-electron chi connectivity index (χ0n) is 10.9. The second kappa shape index (κ2) is 6.48. The van der Waals surface area contributed by atoms with Crippen molar-refractivity contribution >= 4 is 17.8 Å². The highest BCUT2D eigenvalue weighted by Gasteiger charge is 2.44. The van der Waals surface area contributed by atoms with Crippen LogP contribution in [0.1, 0.15) is 20.8 Å². The third kappa shape index (κ3) is 4.49. The van der Waals surface area contributed by atoms with E-state index in [2.05, 4.69) is 5.32 Å². The number of esters is 2. The molecule has 4 unspecified atom stereocenters. The monoisotopic (exact) mass is 275 g/mol. The number of ether oxygens (including phenoxy) is 3. The zero-order valence-corrected chi connectivity index (χ0v) is 10.9. The quantitative estimate of drug-likeness (QED) is 0.616. The smallest absolute Gasteiger partial charge is 0.303 e. The molecule has 0 spiro atoms. The van der Waals surface area contributed by atoms with E-state index < -0.39 is 36.5 Å². The molecule has 0 aromatic carbocycles. The fourth-order valence-corrected chi connectivity index (χ4v) is 1.83. The van der Waals surface area contributed by atoms with Crippen molar-refractivity contribution < 1.29 is 33.7 Å². The lowest BCUT2D eigenvalue weighted by molar-refractivity contribution is -0.245. The molecule has 1 saturated heterocycles. The van der Waals surface area contributed by atoms with Gasteiger partial charge in [0.05, 0.1) is 12.6 Å². The van der Waals surface area contributed by atoms with Crippen molar-refractivity contribution in [2.24, 2.45) is 0 Å². The minimum atomic E-state index is -1.42. The topological polar surface area (TPSA) is 111 Å². The summed E-state index contributed by atoms with van der Waals surface area (Å²) in [7, 11) is 0. The van der Waals surface area contributed by atoms with Gasteiger partial charge in [0, 0.05) is 20.8 Å². The lowest BCUT2D eigenvalue weighted by Crippen LogP contribution is -2.61. The van der Waals surface area contributed by atoms with Crippen LogP contribution in [0.2, 0.25) is 0 Å². The van der Waals surface area contributed by atoms with Gasteiger partial charge >= 0.3 is 11.9 Å². The van der Waals surface area contributed by atoms with E-state index in [1.54, 1.807) is 0 Å². The molecule has 1 heterocycles. The number of hydrogen-bond donors (Lipinski definition) is 2. The van der Waals surface area contributed by atoms with Crippen molar-refractivity contribution in [1.82, 2.24) is 5.32 Å². The van der Waals surface area contributed by atoms with Gasteiger partial charge in [-0.2, -0.15) is 0 Å². The summed E-state index contributed by atoms with van der Waals surface area (Å²) < 4.78 is 14.9. The van der Waals surface area contributed by atoms with Gasteiger partial charge in [-0.3, -0.25) is 14.4 Å². The van der Waals surface area contributed by atoms with E-state index in [1.807, 2.05) is 0 Å². The summed E-state index contributed by atoms with van der Waals surface area (Å²) in [6, 6.07) is -0.700. The van der Waals surface area contributed by atoms with E-state index in [0.29, 0.717) is 0 Å². The van der Waals surface area contributed by atoms with Crippen molar-refractivity contribution in [2.45, 2.75) is 45.3 Å². The normalized spacial score (nSPS) is 30.3. The van der Waals surface area contributed by atoms with Crippen LogP contribution in [0.25, 0.3) is 0 Å². The molecule has 0 aromatic rings. The first-order valence-electron chi connectivity index (χ1n) is 5.72. The van der Waals surface area contributed by atoms with Crippen molar-refractivity contribution in [2.75, 3.05) is 6.61 Å². The summed E-state index contributed by atoms with van der Waals surface area (Å²) in [5.41, 5.74) is 0. The molecule has 1 rings (SSSR count). The SMILES string of the molecule is CC(=O)NC1COC(O)C(OC(C)=O)C1OC(C)=O. The van der Waals surface area contributed by atoms with Gasteiger partial charge in [0.2, 0.25) is 5.91 Å². The number of aliphatic hydroxyl groups excluding tert-OH is 1. The Balaban J connectivity index is 2.89. The largest absolute Gasteiger partial charge is 0.456 e. The predicted octanol–water partition coefficient (Wildman–Crippen LogP) is -1.30. The van der Waals surface area contributed by atoms with Gasteiger partial charge in [-0.15, -0.1) is 0 Å². The molecule has 0 saturated carbocycles. The van der Waals surface area contributed by atoms with Crippen LogP contribution in [0.3, 0.4) is 0 Å². The van der Waals surface area contributed by atoms with E-state index >= 15 is 0 Å². The minimum absolute atomic E-state index is 0.0591. The predicted molar refractivity (Wildman–Crippen MR) is 60.7 cm³/mol. The van der Waals surface area contributed by atoms with E-state index in [1.165, 1.54) is 13.8 Å². The maximum atomic E-state index is 11.1. The second-order valence-corrected chi connectivity index (χ2v) is 4.18. The first kappa shape index (κ1) is 15.4. The van der Waals surface area contributed by atoms with Crippen LogP contribution < -0.4 is 5.32 Å². The molecular weight excluding hydrogens is 258 g/mol. The van der Waals surface area contributed by atoms with Crippen molar-refractivity contribution in [3.05, 3.63) is 0 Å². The molecule has 0 bridgehead atoms. The van der Waals surface area contributed by atoms with Gasteiger partial charge in [0.15, 0.2) is 18.5 Å². The highest BCUT2D eigenvalue weighted by molar-refractivity contribution is 5.73. The average molecular weight is 275 g/mol. The number of rotatable bonds is 3. The highest BCUT2D eigenvalue weighted by atomic mass is 16.7. The van der Waals surface area contributed by atoms with E-state index in [-0.39, 0.29) is 12.5 Å². The Hall–Kier alpha value is -1.67. The van der Waals surface area contributed by atoms with Gasteiger partial charge in [0.25, 0.3) is 0 Å². The van der Waals surface area contributed by atoms with Gasteiger partial charge in [-0.05, 0) is 0 Å². The minimum Gasteiger partial charge on any atom is -0.456 e. The van der Waals surface area contributed by atoms with Crippen LogP contribution in [0.15, 0.2) is 0 Å². The molecule has 0 aliphatic carbocycles. The van der Waals surface area contributed by atoms with Crippen LogP contribution in [0.5, 0.6) is 0 Å². The number of aliphatic hydroxyl groups is 1. The van der Waals surface area contributed by atoms with Gasteiger partial charge < -0.3 is 24.6 Å². The van der Waals surface area contributed by atoms with Crippen LogP contribution in [0.4, 0.5) is 0 Å². The Morgan fingerprint density at radius 2 is 1.63 bits per heavy atom. The number of carbonyl (C=O) groups is 3.